The Bertz CT molecular complexity index is 411. The number of amides is 1. The molecule has 1 aliphatic carbocycles. The van der Waals surface area contributed by atoms with E-state index in [4.69, 9.17) is 4.74 Å². The highest BCUT2D eigenvalue weighted by atomic mass is 16.6. The van der Waals surface area contributed by atoms with E-state index >= 15 is 0 Å². The number of hydrogen-bond donors (Lipinski definition) is 2. The summed E-state index contributed by atoms with van der Waals surface area (Å²) in [5.74, 6) is -0.471. The Labute approximate surface area is 127 Å². The Morgan fingerprint density at radius 2 is 1.90 bits per heavy atom. The molecular weight excluding hydrogens is 270 g/mol. The van der Waals surface area contributed by atoms with Gasteiger partial charge in [0.05, 0.1) is 0 Å². The third-order valence-electron chi connectivity index (χ3n) is 4.54. The molecule has 0 bridgehead atoms. The molecule has 0 spiro atoms. The number of carboxylic acid groups (broad SMARTS) is 1. The van der Waals surface area contributed by atoms with E-state index < -0.39 is 28.6 Å². The molecule has 0 aliphatic heterocycles. The summed E-state index contributed by atoms with van der Waals surface area (Å²) in [6.07, 6.45) is 2.40. The fourth-order valence-corrected chi connectivity index (χ4v) is 3.26. The summed E-state index contributed by atoms with van der Waals surface area (Å²) in [5, 5.41) is 12.4. The summed E-state index contributed by atoms with van der Waals surface area (Å²) < 4.78 is 5.25. The molecule has 21 heavy (non-hydrogen) atoms. The molecule has 1 saturated carbocycles. The van der Waals surface area contributed by atoms with Crippen LogP contribution in [0.3, 0.4) is 0 Å². The highest BCUT2D eigenvalue weighted by Gasteiger charge is 2.55. The van der Waals surface area contributed by atoms with Crippen LogP contribution in [0.25, 0.3) is 0 Å². The third kappa shape index (κ3) is 3.89. The van der Waals surface area contributed by atoms with Gasteiger partial charge in [0, 0.05) is 0 Å². The zero-order valence-corrected chi connectivity index (χ0v) is 14.1. The number of carbonyl (C=O) groups is 2. The Balaban J connectivity index is 2.99. The molecular formula is C16H29NO4. The van der Waals surface area contributed by atoms with E-state index in [0.29, 0.717) is 12.3 Å². The fraction of sp³-hybridized carbons (Fsp3) is 0.875. The van der Waals surface area contributed by atoms with Crippen molar-refractivity contribution in [2.24, 2.45) is 11.3 Å². The normalized spacial score (nSPS) is 28.8. The first-order valence-corrected chi connectivity index (χ1v) is 7.68. The van der Waals surface area contributed by atoms with Gasteiger partial charge in [0.15, 0.2) is 0 Å². The van der Waals surface area contributed by atoms with Crippen LogP contribution in [0, 0.1) is 11.3 Å². The maximum absolute atomic E-state index is 12.1. The molecule has 1 amide bonds. The van der Waals surface area contributed by atoms with Gasteiger partial charge in [-0.3, -0.25) is 0 Å². The summed E-state index contributed by atoms with van der Waals surface area (Å²) in [5.41, 5.74) is -2.43. The van der Waals surface area contributed by atoms with Crippen LogP contribution in [0.2, 0.25) is 0 Å². The van der Waals surface area contributed by atoms with Gasteiger partial charge in [-0.15, -0.1) is 0 Å². The Hall–Kier alpha value is -1.26. The van der Waals surface area contributed by atoms with E-state index in [1.807, 2.05) is 13.8 Å². The quantitative estimate of drug-likeness (QED) is 0.835. The Kier molecular flexibility index (Phi) is 4.96. The van der Waals surface area contributed by atoms with Gasteiger partial charge in [-0.05, 0) is 51.4 Å². The maximum Gasteiger partial charge on any atom is 0.408 e. The van der Waals surface area contributed by atoms with Crippen LogP contribution in [0.1, 0.15) is 67.2 Å². The standard InChI is InChI=1S/C16H29NO4/c1-7-11-8-9-16(12(18)19,15(5,6)10-11)17-13(20)21-14(2,3)4/h11H,7-10H2,1-6H3,(H,17,20)(H,18,19). The number of rotatable bonds is 3. The van der Waals surface area contributed by atoms with E-state index in [0.717, 1.165) is 19.3 Å². The Morgan fingerprint density at radius 1 is 1.33 bits per heavy atom. The maximum atomic E-state index is 12.1. The zero-order valence-electron chi connectivity index (χ0n) is 14.1. The van der Waals surface area contributed by atoms with Crippen molar-refractivity contribution in [2.45, 2.75) is 78.4 Å². The summed E-state index contributed by atoms with van der Waals surface area (Å²) >= 11 is 0. The first-order chi connectivity index (χ1) is 9.43. The molecule has 0 saturated heterocycles. The van der Waals surface area contributed by atoms with Crippen molar-refractivity contribution in [2.75, 3.05) is 0 Å². The largest absolute Gasteiger partial charge is 0.479 e. The molecule has 2 atom stereocenters. The Morgan fingerprint density at radius 3 is 2.29 bits per heavy atom. The van der Waals surface area contributed by atoms with Gasteiger partial charge in [0.2, 0.25) is 0 Å². The minimum atomic E-state index is -1.26. The van der Waals surface area contributed by atoms with E-state index in [-0.39, 0.29) is 0 Å². The summed E-state index contributed by atoms with van der Waals surface area (Å²) in [6, 6.07) is 0. The van der Waals surface area contributed by atoms with Crippen molar-refractivity contribution in [3.8, 4) is 0 Å². The lowest BCUT2D eigenvalue weighted by Gasteiger charge is -2.49. The lowest BCUT2D eigenvalue weighted by Crippen LogP contribution is -2.65. The molecule has 0 aromatic carbocycles. The first kappa shape index (κ1) is 17.8. The SMILES string of the molecule is CCC1CCC(NC(=O)OC(C)(C)C)(C(=O)O)C(C)(C)C1. The van der Waals surface area contributed by atoms with Gasteiger partial charge in [-0.25, -0.2) is 9.59 Å². The smallest absolute Gasteiger partial charge is 0.408 e. The van der Waals surface area contributed by atoms with E-state index in [1.165, 1.54) is 0 Å². The number of carboxylic acids is 1. The monoisotopic (exact) mass is 299 g/mol. The molecule has 0 radical (unpaired) electrons. The average molecular weight is 299 g/mol. The topological polar surface area (TPSA) is 75.6 Å². The molecule has 122 valence electrons. The summed E-state index contributed by atoms with van der Waals surface area (Å²) in [6.45, 7) is 11.2. The van der Waals surface area contributed by atoms with Crippen LogP contribution in [0.15, 0.2) is 0 Å². The van der Waals surface area contributed by atoms with Crippen molar-refractivity contribution >= 4 is 12.1 Å². The molecule has 0 aromatic rings. The van der Waals surface area contributed by atoms with Gasteiger partial charge in [-0.2, -0.15) is 0 Å². The van der Waals surface area contributed by atoms with Crippen LogP contribution in [-0.2, 0) is 9.53 Å². The molecule has 5 nitrogen and oxygen atoms in total. The van der Waals surface area contributed by atoms with Crippen LogP contribution >= 0.6 is 0 Å². The highest BCUT2D eigenvalue weighted by molar-refractivity contribution is 5.85. The van der Waals surface area contributed by atoms with Gasteiger partial charge < -0.3 is 15.2 Å². The number of carbonyl (C=O) groups excluding carboxylic acids is 1. The lowest BCUT2D eigenvalue weighted by molar-refractivity contribution is -0.154. The molecule has 0 aromatic heterocycles. The average Bonchev–Trinajstić information content (AvgIpc) is 2.28. The van der Waals surface area contributed by atoms with Crippen LogP contribution in [0.5, 0.6) is 0 Å². The van der Waals surface area contributed by atoms with E-state index in [1.54, 1.807) is 20.8 Å². The minimum Gasteiger partial charge on any atom is -0.479 e. The van der Waals surface area contributed by atoms with Crippen molar-refractivity contribution in [3.05, 3.63) is 0 Å². The predicted octanol–water partition coefficient (Wildman–Crippen LogP) is 3.57. The van der Waals surface area contributed by atoms with Crippen LogP contribution in [0.4, 0.5) is 4.79 Å². The van der Waals surface area contributed by atoms with Crippen molar-refractivity contribution < 1.29 is 19.4 Å². The van der Waals surface area contributed by atoms with Crippen LogP contribution in [-0.4, -0.2) is 28.3 Å². The van der Waals surface area contributed by atoms with Gasteiger partial charge in [0.1, 0.15) is 11.1 Å². The first-order valence-electron chi connectivity index (χ1n) is 7.68. The number of hydrogen-bond acceptors (Lipinski definition) is 3. The molecule has 2 unspecified atom stereocenters. The second kappa shape index (κ2) is 5.85. The summed E-state index contributed by atoms with van der Waals surface area (Å²) in [4.78, 5) is 24.0. The lowest BCUT2D eigenvalue weighted by atomic mass is 9.59. The minimum absolute atomic E-state index is 0.438. The second-order valence-electron chi connectivity index (χ2n) is 7.74. The highest BCUT2D eigenvalue weighted by Crippen LogP contribution is 2.47. The van der Waals surface area contributed by atoms with Crippen LogP contribution < -0.4 is 5.32 Å². The molecule has 1 fully saturated rings. The molecule has 1 aliphatic rings. The van der Waals surface area contributed by atoms with Crippen molar-refractivity contribution in [1.82, 2.24) is 5.32 Å². The summed E-state index contributed by atoms with van der Waals surface area (Å²) in [7, 11) is 0. The fourth-order valence-electron chi connectivity index (χ4n) is 3.26. The van der Waals surface area contributed by atoms with E-state index in [2.05, 4.69) is 12.2 Å². The van der Waals surface area contributed by atoms with Crippen molar-refractivity contribution in [1.29, 1.82) is 0 Å². The number of alkyl carbamates (subject to hydrolysis) is 1. The molecule has 5 heteroatoms. The molecule has 0 heterocycles. The van der Waals surface area contributed by atoms with E-state index in [9.17, 15) is 14.7 Å². The number of aliphatic carboxylic acids is 1. The number of nitrogens with one attached hydrogen (secondary N) is 1. The number of ether oxygens (including phenoxy) is 1. The second-order valence-corrected chi connectivity index (χ2v) is 7.74. The van der Waals surface area contributed by atoms with Gasteiger partial charge in [-0.1, -0.05) is 27.2 Å². The van der Waals surface area contributed by atoms with Gasteiger partial charge in [0.25, 0.3) is 0 Å². The molecule has 1 rings (SSSR count). The molecule has 2 N–H and O–H groups in total. The third-order valence-corrected chi connectivity index (χ3v) is 4.54. The predicted molar refractivity (Wildman–Crippen MR) is 81.1 cm³/mol. The van der Waals surface area contributed by atoms with Crippen molar-refractivity contribution in [3.63, 3.8) is 0 Å². The zero-order chi connectivity index (χ0) is 16.5. The van der Waals surface area contributed by atoms with Gasteiger partial charge >= 0.3 is 12.1 Å².